The molecule has 1 heterocycles. The van der Waals surface area contributed by atoms with E-state index in [4.69, 9.17) is 5.11 Å². The van der Waals surface area contributed by atoms with Crippen LogP contribution in [0.25, 0.3) is 0 Å². The van der Waals surface area contributed by atoms with Crippen molar-refractivity contribution in [1.82, 2.24) is 5.32 Å². The maximum atomic E-state index is 12.0. The van der Waals surface area contributed by atoms with Gasteiger partial charge in [-0.3, -0.25) is 9.59 Å². The van der Waals surface area contributed by atoms with E-state index in [9.17, 15) is 9.59 Å². The Bertz CT molecular complexity index is 448. The van der Waals surface area contributed by atoms with Crippen LogP contribution in [0.5, 0.6) is 0 Å². The minimum Gasteiger partial charge on any atom is -0.481 e. The number of carboxylic acid groups (broad SMARTS) is 1. The molecular weight excluding hydrogens is 318 g/mol. The van der Waals surface area contributed by atoms with Gasteiger partial charge in [0.05, 0.1) is 8.66 Å². The van der Waals surface area contributed by atoms with Gasteiger partial charge in [0, 0.05) is 12.0 Å². The molecule has 0 bridgehead atoms. The van der Waals surface area contributed by atoms with Crippen LogP contribution in [0.1, 0.15) is 41.9 Å². The Balaban J connectivity index is 2.66. The Morgan fingerprint density at radius 3 is 2.56 bits per heavy atom. The Morgan fingerprint density at radius 1 is 1.50 bits per heavy atom. The summed E-state index contributed by atoms with van der Waals surface area (Å²) in [4.78, 5) is 23.2. The first-order chi connectivity index (χ1) is 8.21. The number of halogens is 1. The summed E-state index contributed by atoms with van der Waals surface area (Å²) >= 11 is 4.75. The molecular formula is C12H16BrNO3S. The van der Waals surface area contributed by atoms with Crippen molar-refractivity contribution >= 4 is 39.1 Å². The third-order valence-electron chi connectivity index (χ3n) is 2.50. The van der Waals surface area contributed by atoms with Crippen LogP contribution in [0.4, 0.5) is 0 Å². The van der Waals surface area contributed by atoms with Gasteiger partial charge in [0.25, 0.3) is 5.91 Å². The Morgan fingerprint density at radius 2 is 2.11 bits per heavy atom. The average Bonchev–Trinajstić information content (AvgIpc) is 2.56. The molecule has 0 spiro atoms. The molecule has 0 aliphatic heterocycles. The molecule has 2 N–H and O–H groups in total. The van der Waals surface area contributed by atoms with Gasteiger partial charge in [0.1, 0.15) is 0 Å². The fourth-order valence-electron chi connectivity index (χ4n) is 1.42. The van der Waals surface area contributed by atoms with Crippen LogP contribution in [0, 0.1) is 6.92 Å². The lowest BCUT2D eigenvalue weighted by Gasteiger charge is -2.25. The van der Waals surface area contributed by atoms with Gasteiger partial charge in [-0.2, -0.15) is 0 Å². The second-order valence-corrected chi connectivity index (χ2v) is 7.17. The predicted molar refractivity (Wildman–Crippen MR) is 75.2 cm³/mol. The smallest absolute Gasteiger partial charge is 0.303 e. The van der Waals surface area contributed by atoms with Gasteiger partial charge >= 0.3 is 5.97 Å². The first-order valence-corrected chi connectivity index (χ1v) is 7.12. The fourth-order valence-corrected chi connectivity index (χ4v) is 2.85. The van der Waals surface area contributed by atoms with Crippen molar-refractivity contribution in [3.8, 4) is 0 Å². The molecule has 4 nitrogen and oxygen atoms in total. The molecule has 0 fully saturated rings. The average molecular weight is 334 g/mol. The third kappa shape index (κ3) is 4.42. The third-order valence-corrected chi connectivity index (χ3v) is 4.63. The van der Waals surface area contributed by atoms with Crippen molar-refractivity contribution in [2.45, 2.75) is 39.2 Å². The van der Waals surface area contributed by atoms with E-state index in [0.29, 0.717) is 11.3 Å². The number of aryl methyl sites for hydroxylation is 1. The Kier molecular flexibility index (Phi) is 4.92. The van der Waals surface area contributed by atoms with Crippen LogP contribution < -0.4 is 5.32 Å². The van der Waals surface area contributed by atoms with Gasteiger partial charge in [0.2, 0.25) is 0 Å². The Hall–Kier alpha value is -0.880. The second kappa shape index (κ2) is 5.84. The van der Waals surface area contributed by atoms with Crippen LogP contribution in [0.3, 0.4) is 0 Å². The Labute approximate surface area is 119 Å². The number of hydrogen-bond acceptors (Lipinski definition) is 3. The van der Waals surface area contributed by atoms with Crippen LogP contribution >= 0.6 is 27.3 Å². The quantitative estimate of drug-likeness (QED) is 0.869. The summed E-state index contributed by atoms with van der Waals surface area (Å²) in [5.74, 6) is -1.02. The first kappa shape index (κ1) is 15.2. The van der Waals surface area contributed by atoms with Crippen molar-refractivity contribution < 1.29 is 14.7 Å². The van der Waals surface area contributed by atoms with Crippen LogP contribution in [-0.2, 0) is 4.79 Å². The van der Waals surface area contributed by atoms with E-state index >= 15 is 0 Å². The summed E-state index contributed by atoms with van der Waals surface area (Å²) in [6, 6.07) is 1.82. The van der Waals surface area contributed by atoms with E-state index in [0.717, 1.165) is 9.35 Å². The number of thiophene rings is 1. The molecule has 1 amide bonds. The zero-order valence-corrected chi connectivity index (χ0v) is 12.9. The maximum absolute atomic E-state index is 12.0. The van der Waals surface area contributed by atoms with E-state index in [1.807, 2.05) is 26.8 Å². The van der Waals surface area contributed by atoms with Crippen molar-refractivity contribution in [3.63, 3.8) is 0 Å². The zero-order valence-electron chi connectivity index (χ0n) is 10.5. The molecule has 6 heteroatoms. The van der Waals surface area contributed by atoms with Gasteiger partial charge in [-0.15, -0.1) is 11.3 Å². The highest BCUT2D eigenvalue weighted by atomic mass is 79.9. The highest BCUT2D eigenvalue weighted by Crippen LogP contribution is 2.27. The number of rotatable bonds is 5. The highest BCUT2D eigenvalue weighted by molar-refractivity contribution is 9.11. The maximum Gasteiger partial charge on any atom is 0.303 e. The number of carbonyl (C=O) groups excluding carboxylic acids is 1. The predicted octanol–water partition coefficient (Wildman–Crippen LogP) is 3.19. The van der Waals surface area contributed by atoms with E-state index in [2.05, 4.69) is 21.2 Å². The lowest BCUT2D eigenvalue weighted by molar-refractivity contribution is -0.137. The van der Waals surface area contributed by atoms with Crippen molar-refractivity contribution in [1.29, 1.82) is 0 Å². The molecule has 1 aromatic heterocycles. The second-order valence-electron chi connectivity index (χ2n) is 4.80. The first-order valence-electron chi connectivity index (χ1n) is 5.51. The number of aliphatic carboxylic acids is 1. The lowest BCUT2D eigenvalue weighted by Crippen LogP contribution is -2.43. The summed E-state index contributed by atoms with van der Waals surface area (Å²) in [5.41, 5.74) is 0.494. The monoisotopic (exact) mass is 333 g/mol. The molecule has 0 aromatic carbocycles. The molecule has 0 saturated heterocycles. The lowest BCUT2D eigenvalue weighted by atomic mass is 9.98. The molecule has 18 heavy (non-hydrogen) atoms. The fraction of sp³-hybridized carbons (Fsp3) is 0.500. The summed E-state index contributed by atoms with van der Waals surface area (Å²) < 4.78 is 0.941. The molecule has 0 saturated carbocycles. The van der Waals surface area contributed by atoms with Crippen molar-refractivity contribution in [2.75, 3.05) is 0 Å². The van der Waals surface area contributed by atoms with Gasteiger partial charge in [0.15, 0.2) is 0 Å². The summed E-state index contributed by atoms with van der Waals surface area (Å²) in [5, 5.41) is 11.5. The highest BCUT2D eigenvalue weighted by Gasteiger charge is 2.23. The molecule has 1 aromatic rings. The number of carboxylic acids is 1. The van der Waals surface area contributed by atoms with E-state index in [-0.39, 0.29) is 12.3 Å². The van der Waals surface area contributed by atoms with Crippen LogP contribution in [0.2, 0.25) is 0 Å². The summed E-state index contributed by atoms with van der Waals surface area (Å²) in [6.07, 6.45) is 0.444. The standard InChI is InChI=1S/C12H16BrNO3S/c1-7-6-8(18-10(7)13)11(17)14-12(2,3)5-4-9(15)16/h6H,4-5H2,1-3H3,(H,14,17)(H,15,16). The number of hydrogen-bond donors (Lipinski definition) is 2. The van der Waals surface area contributed by atoms with E-state index in [1.165, 1.54) is 11.3 Å². The van der Waals surface area contributed by atoms with Crippen molar-refractivity contribution in [2.24, 2.45) is 0 Å². The summed E-state index contributed by atoms with van der Waals surface area (Å²) in [6.45, 7) is 5.57. The normalized spacial score (nSPS) is 11.3. The molecule has 0 atom stereocenters. The molecule has 0 aliphatic rings. The van der Waals surface area contributed by atoms with E-state index in [1.54, 1.807) is 0 Å². The minimum atomic E-state index is -0.855. The number of nitrogens with one attached hydrogen (secondary N) is 1. The largest absolute Gasteiger partial charge is 0.481 e. The number of carbonyl (C=O) groups is 2. The van der Waals surface area contributed by atoms with Gasteiger partial charge < -0.3 is 10.4 Å². The van der Waals surface area contributed by atoms with Crippen molar-refractivity contribution in [3.05, 3.63) is 20.3 Å². The molecule has 1 rings (SSSR count). The SMILES string of the molecule is Cc1cc(C(=O)NC(C)(C)CCC(=O)O)sc1Br. The molecule has 100 valence electrons. The topological polar surface area (TPSA) is 66.4 Å². The molecule has 0 unspecified atom stereocenters. The van der Waals surface area contributed by atoms with Crippen LogP contribution in [0.15, 0.2) is 9.85 Å². The molecule has 0 aliphatic carbocycles. The van der Waals surface area contributed by atoms with E-state index < -0.39 is 11.5 Å². The zero-order chi connectivity index (χ0) is 13.9. The van der Waals surface area contributed by atoms with Gasteiger partial charge in [-0.1, -0.05) is 0 Å². The van der Waals surface area contributed by atoms with Gasteiger partial charge in [-0.25, -0.2) is 0 Å². The van der Waals surface area contributed by atoms with Crippen LogP contribution in [-0.4, -0.2) is 22.5 Å². The number of amides is 1. The van der Waals surface area contributed by atoms with Gasteiger partial charge in [-0.05, 0) is 54.8 Å². The molecule has 0 radical (unpaired) electrons. The summed E-state index contributed by atoms with van der Waals surface area (Å²) in [7, 11) is 0. The minimum absolute atomic E-state index is 0.0421.